The van der Waals surface area contributed by atoms with E-state index < -0.39 is 5.97 Å². The van der Waals surface area contributed by atoms with Crippen LogP contribution in [0.3, 0.4) is 0 Å². The van der Waals surface area contributed by atoms with Gasteiger partial charge in [-0.05, 0) is 25.1 Å². The molecule has 0 aliphatic rings. The Morgan fingerprint density at radius 2 is 2.33 bits per heavy atom. The number of aliphatic carboxylic acids is 1. The van der Waals surface area contributed by atoms with E-state index in [2.05, 4.69) is 21.2 Å². The first-order chi connectivity index (χ1) is 7.13. The molecule has 15 heavy (non-hydrogen) atoms. The maximum atomic E-state index is 10.4. The van der Waals surface area contributed by atoms with Crippen LogP contribution in [0, 0.1) is 0 Å². The Balaban J connectivity index is 2.80. The molecule has 1 aromatic carbocycles. The van der Waals surface area contributed by atoms with Crippen LogP contribution < -0.4 is 10.1 Å². The number of nitrogens with one attached hydrogen (secondary N) is 1. The van der Waals surface area contributed by atoms with Crippen LogP contribution in [-0.4, -0.2) is 24.2 Å². The molecular formula is C10H12BrNO3. The van der Waals surface area contributed by atoms with Crippen LogP contribution >= 0.6 is 15.9 Å². The highest BCUT2D eigenvalue weighted by Gasteiger charge is 2.05. The van der Waals surface area contributed by atoms with Crippen molar-refractivity contribution in [1.29, 1.82) is 0 Å². The first-order valence-electron chi connectivity index (χ1n) is 4.51. The van der Waals surface area contributed by atoms with Gasteiger partial charge in [-0.3, -0.25) is 4.79 Å². The number of ether oxygens (including phenoxy) is 1. The molecule has 0 spiro atoms. The molecule has 0 amide bonds. The van der Waals surface area contributed by atoms with Gasteiger partial charge >= 0.3 is 5.97 Å². The molecular weight excluding hydrogens is 262 g/mol. The Hall–Kier alpha value is -1.23. The average Bonchev–Trinajstić information content (AvgIpc) is 2.17. The first-order valence-corrected chi connectivity index (χ1v) is 5.30. The average molecular weight is 274 g/mol. The SMILES string of the molecule is CCOc1cc(Br)ccc1NCC(=O)O. The third-order valence-electron chi connectivity index (χ3n) is 1.67. The minimum atomic E-state index is -0.902. The molecule has 0 unspecified atom stereocenters. The molecule has 2 N–H and O–H groups in total. The summed E-state index contributed by atoms with van der Waals surface area (Å²) in [5.74, 6) is -0.256. The number of anilines is 1. The topological polar surface area (TPSA) is 58.6 Å². The van der Waals surface area contributed by atoms with Gasteiger partial charge in [-0.25, -0.2) is 0 Å². The van der Waals surface area contributed by atoms with Crippen LogP contribution in [-0.2, 0) is 4.79 Å². The Bertz CT molecular complexity index is 355. The molecule has 0 saturated heterocycles. The second-order valence-electron chi connectivity index (χ2n) is 2.82. The van der Waals surface area contributed by atoms with Crippen LogP contribution in [0.5, 0.6) is 5.75 Å². The van der Waals surface area contributed by atoms with Gasteiger partial charge in [0.15, 0.2) is 0 Å². The van der Waals surface area contributed by atoms with E-state index in [0.29, 0.717) is 18.0 Å². The van der Waals surface area contributed by atoms with Crippen molar-refractivity contribution >= 4 is 27.6 Å². The van der Waals surface area contributed by atoms with E-state index >= 15 is 0 Å². The van der Waals surface area contributed by atoms with Crippen molar-refractivity contribution in [2.75, 3.05) is 18.5 Å². The molecule has 0 aliphatic carbocycles. The summed E-state index contributed by atoms with van der Waals surface area (Å²) in [4.78, 5) is 10.4. The number of halogens is 1. The van der Waals surface area contributed by atoms with Crippen molar-refractivity contribution in [3.05, 3.63) is 22.7 Å². The molecule has 1 aromatic rings. The standard InChI is InChI=1S/C10H12BrNO3/c1-2-15-9-5-7(11)3-4-8(9)12-6-10(13)14/h3-5,12H,2,6H2,1H3,(H,13,14). The van der Waals surface area contributed by atoms with Gasteiger partial charge in [0, 0.05) is 4.47 Å². The van der Waals surface area contributed by atoms with E-state index in [1.165, 1.54) is 0 Å². The van der Waals surface area contributed by atoms with Crippen molar-refractivity contribution in [2.24, 2.45) is 0 Å². The molecule has 0 fully saturated rings. The number of rotatable bonds is 5. The van der Waals surface area contributed by atoms with E-state index in [1.54, 1.807) is 12.1 Å². The summed E-state index contributed by atoms with van der Waals surface area (Å²) in [6, 6.07) is 5.40. The minimum absolute atomic E-state index is 0.123. The summed E-state index contributed by atoms with van der Waals surface area (Å²) in [6.45, 7) is 2.29. The molecule has 0 heterocycles. The smallest absolute Gasteiger partial charge is 0.322 e. The number of carbonyl (C=O) groups is 1. The summed E-state index contributed by atoms with van der Waals surface area (Å²) >= 11 is 3.32. The zero-order chi connectivity index (χ0) is 11.3. The second kappa shape index (κ2) is 5.60. The summed E-state index contributed by atoms with van der Waals surface area (Å²) in [5, 5.41) is 11.3. The third kappa shape index (κ3) is 3.79. The third-order valence-corrected chi connectivity index (χ3v) is 2.17. The van der Waals surface area contributed by atoms with E-state index in [0.717, 1.165) is 4.47 Å². The van der Waals surface area contributed by atoms with Crippen molar-refractivity contribution in [3.63, 3.8) is 0 Å². The number of carboxylic acid groups (broad SMARTS) is 1. The van der Waals surface area contributed by atoms with Crippen LogP contribution in [0.1, 0.15) is 6.92 Å². The highest BCUT2D eigenvalue weighted by atomic mass is 79.9. The van der Waals surface area contributed by atoms with Crippen molar-refractivity contribution < 1.29 is 14.6 Å². The molecule has 4 nitrogen and oxygen atoms in total. The molecule has 0 radical (unpaired) electrons. The van der Waals surface area contributed by atoms with Gasteiger partial charge in [-0.15, -0.1) is 0 Å². The van der Waals surface area contributed by atoms with Gasteiger partial charge < -0.3 is 15.2 Å². The lowest BCUT2D eigenvalue weighted by Gasteiger charge is -2.11. The van der Waals surface area contributed by atoms with Gasteiger partial charge in [-0.2, -0.15) is 0 Å². The monoisotopic (exact) mass is 273 g/mol. The van der Waals surface area contributed by atoms with Gasteiger partial charge in [0.2, 0.25) is 0 Å². The van der Waals surface area contributed by atoms with E-state index in [9.17, 15) is 4.79 Å². The van der Waals surface area contributed by atoms with Crippen LogP contribution in [0.15, 0.2) is 22.7 Å². The summed E-state index contributed by atoms with van der Waals surface area (Å²) in [7, 11) is 0. The van der Waals surface area contributed by atoms with Gasteiger partial charge in [0.25, 0.3) is 0 Å². The molecule has 0 bridgehead atoms. The Kier molecular flexibility index (Phi) is 4.42. The van der Waals surface area contributed by atoms with Gasteiger partial charge in [-0.1, -0.05) is 15.9 Å². The first kappa shape index (κ1) is 11.8. The molecule has 1 rings (SSSR count). The van der Waals surface area contributed by atoms with E-state index in [-0.39, 0.29) is 6.54 Å². The Morgan fingerprint density at radius 3 is 2.93 bits per heavy atom. The highest BCUT2D eigenvalue weighted by molar-refractivity contribution is 9.10. The normalized spacial score (nSPS) is 9.73. The quantitative estimate of drug-likeness (QED) is 0.865. The largest absolute Gasteiger partial charge is 0.492 e. The number of hydrogen-bond donors (Lipinski definition) is 2. The lowest BCUT2D eigenvalue weighted by molar-refractivity contribution is -0.134. The summed E-state index contributed by atoms with van der Waals surface area (Å²) in [6.07, 6.45) is 0. The molecule has 0 saturated carbocycles. The summed E-state index contributed by atoms with van der Waals surface area (Å²) < 4.78 is 6.26. The van der Waals surface area contributed by atoms with E-state index in [1.807, 2.05) is 13.0 Å². The molecule has 0 aromatic heterocycles. The highest BCUT2D eigenvalue weighted by Crippen LogP contribution is 2.28. The maximum Gasteiger partial charge on any atom is 0.322 e. The zero-order valence-electron chi connectivity index (χ0n) is 8.29. The van der Waals surface area contributed by atoms with Crippen LogP contribution in [0.4, 0.5) is 5.69 Å². The fourth-order valence-electron chi connectivity index (χ4n) is 1.09. The van der Waals surface area contributed by atoms with Crippen molar-refractivity contribution in [1.82, 2.24) is 0 Å². The number of benzene rings is 1. The molecule has 0 atom stereocenters. The zero-order valence-corrected chi connectivity index (χ0v) is 9.87. The lowest BCUT2D eigenvalue weighted by Crippen LogP contribution is -2.13. The van der Waals surface area contributed by atoms with Gasteiger partial charge in [0.1, 0.15) is 12.3 Å². The summed E-state index contributed by atoms with van der Waals surface area (Å²) in [5.41, 5.74) is 0.683. The number of hydrogen-bond acceptors (Lipinski definition) is 3. The minimum Gasteiger partial charge on any atom is -0.492 e. The van der Waals surface area contributed by atoms with Crippen molar-refractivity contribution in [2.45, 2.75) is 6.92 Å². The van der Waals surface area contributed by atoms with Crippen LogP contribution in [0.25, 0.3) is 0 Å². The Morgan fingerprint density at radius 1 is 1.60 bits per heavy atom. The second-order valence-corrected chi connectivity index (χ2v) is 3.74. The van der Waals surface area contributed by atoms with Gasteiger partial charge in [0.05, 0.1) is 12.3 Å². The van der Waals surface area contributed by atoms with Crippen molar-refractivity contribution in [3.8, 4) is 5.75 Å². The van der Waals surface area contributed by atoms with Crippen LogP contribution in [0.2, 0.25) is 0 Å². The molecule has 0 aliphatic heterocycles. The predicted octanol–water partition coefficient (Wildman–Crippen LogP) is 2.34. The molecule has 5 heteroatoms. The fraction of sp³-hybridized carbons (Fsp3) is 0.300. The number of carboxylic acids is 1. The lowest BCUT2D eigenvalue weighted by atomic mass is 10.3. The Labute approximate surface area is 96.4 Å². The fourth-order valence-corrected chi connectivity index (χ4v) is 1.43. The maximum absolute atomic E-state index is 10.4. The van der Waals surface area contributed by atoms with E-state index in [4.69, 9.17) is 9.84 Å². The predicted molar refractivity (Wildman–Crippen MR) is 61.4 cm³/mol. The molecule has 82 valence electrons.